The molecule has 0 amide bonds. The molecule has 0 unspecified atom stereocenters. The van der Waals surface area contributed by atoms with Gasteiger partial charge < -0.3 is 9.52 Å². The smallest absolute Gasteiger partial charge is 0.205 e. The molecule has 2 aliphatic rings. The van der Waals surface area contributed by atoms with Crippen LogP contribution in [0.1, 0.15) is 33.9 Å². The monoisotopic (exact) mass is 703 g/mol. The third-order valence-corrected chi connectivity index (χ3v) is 8.77. The Kier molecular flexibility index (Phi) is 10.0. The molecule has 1 aromatic carbocycles. The average molecular weight is 705 g/mol. The Hall–Kier alpha value is -5.26. The van der Waals surface area contributed by atoms with E-state index >= 15 is 0 Å². The molecule has 1 N–H and O–H groups in total. The van der Waals surface area contributed by atoms with Crippen LogP contribution in [-0.2, 0) is 39.3 Å². The fourth-order valence-electron chi connectivity index (χ4n) is 5.89. The van der Waals surface area contributed by atoms with Crippen LogP contribution in [0.4, 0.5) is 0 Å². The first-order valence-corrected chi connectivity index (χ1v) is 16.7. The van der Waals surface area contributed by atoms with Gasteiger partial charge in [0.2, 0.25) is 5.43 Å². The minimum absolute atomic E-state index is 0.0205. The van der Waals surface area contributed by atoms with Gasteiger partial charge in [0.15, 0.2) is 11.3 Å². The predicted octanol–water partition coefficient (Wildman–Crippen LogP) is 7.29. The molecule has 10 nitrogen and oxygen atoms in total. The highest BCUT2D eigenvalue weighted by molar-refractivity contribution is 6.33. The average Bonchev–Trinajstić information content (AvgIpc) is 3.13. The molecule has 0 radical (unpaired) electrons. The molecule has 4 aromatic heterocycles. The maximum absolute atomic E-state index is 13.8. The standard InChI is InChI=1S/C38H31Cl2N7O3/c39-31-17-33-37(29(35(31)48)23-46(19-25-9-1-5-13-41-25)20-26-10-2-6-14-42-26)50-38-30(36(49)32(40)18-34(38)45-33)24-47(21-27-11-3-7-15-43-27)22-28-12-4-8-16-44-28/h1-18,48H,19-24H2. The van der Waals surface area contributed by atoms with Crippen molar-refractivity contribution in [3.8, 4) is 17.2 Å². The van der Waals surface area contributed by atoms with Crippen molar-refractivity contribution in [2.45, 2.75) is 39.3 Å². The fourth-order valence-corrected chi connectivity index (χ4v) is 6.33. The lowest BCUT2D eigenvalue weighted by Gasteiger charge is -2.24. The third kappa shape index (κ3) is 7.64. The van der Waals surface area contributed by atoms with Crippen molar-refractivity contribution in [1.82, 2.24) is 34.7 Å². The number of benzene rings is 2. The number of phenolic OH excluding ortho intramolecular Hbond substituents is 1. The summed E-state index contributed by atoms with van der Waals surface area (Å²) in [6.07, 6.45) is 6.95. The second-order valence-corrected chi connectivity index (χ2v) is 12.7. The van der Waals surface area contributed by atoms with E-state index in [0.717, 1.165) is 22.8 Å². The van der Waals surface area contributed by atoms with Gasteiger partial charge >= 0.3 is 0 Å². The van der Waals surface area contributed by atoms with E-state index in [0.29, 0.717) is 54.1 Å². The summed E-state index contributed by atoms with van der Waals surface area (Å²) in [5.41, 5.74) is 4.79. The molecule has 0 saturated carbocycles. The zero-order valence-electron chi connectivity index (χ0n) is 26.8. The first-order valence-electron chi connectivity index (χ1n) is 15.9. The lowest BCUT2D eigenvalue weighted by molar-refractivity contribution is 0.237. The molecular weight excluding hydrogens is 673 g/mol. The van der Waals surface area contributed by atoms with Crippen molar-refractivity contribution in [2.75, 3.05) is 0 Å². The van der Waals surface area contributed by atoms with Gasteiger partial charge in [-0.05, 0) is 60.7 Å². The zero-order chi connectivity index (χ0) is 34.5. The molecule has 0 saturated heterocycles. The van der Waals surface area contributed by atoms with Crippen molar-refractivity contribution in [3.05, 3.63) is 164 Å². The molecule has 0 bridgehead atoms. The quantitative estimate of drug-likeness (QED) is 0.130. The number of halogens is 2. The maximum Gasteiger partial charge on any atom is 0.205 e. The highest BCUT2D eigenvalue weighted by atomic mass is 35.5. The Morgan fingerprint density at radius 2 is 1.06 bits per heavy atom. The maximum atomic E-state index is 13.8. The van der Waals surface area contributed by atoms with Crippen molar-refractivity contribution in [1.29, 1.82) is 0 Å². The van der Waals surface area contributed by atoms with Gasteiger partial charge in [-0.25, -0.2) is 4.98 Å². The minimum atomic E-state index is -0.372. The first-order chi connectivity index (χ1) is 24.4. The van der Waals surface area contributed by atoms with Crippen molar-refractivity contribution in [3.63, 3.8) is 0 Å². The molecule has 0 spiro atoms. The topological polar surface area (TPSA) is 121 Å². The number of aromatic hydroxyl groups is 1. The molecule has 7 rings (SSSR count). The Labute approximate surface area is 298 Å². The van der Waals surface area contributed by atoms with E-state index in [1.54, 1.807) is 30.9 Å². The van der Waals surface area contributed by atoms with E-state index in [4.69, 9.17) is 32.6 Å². The van der Waals surface area contributed by atoms with Crippen LogP contribution in [0, 0.1) is 0 Å². The van der Waals surface area contributed by atoms with Crippen LogP contribution in [0.3, 0.4) is 0 Å². The van der Waals surface area contributed by atoms with Gasteiger partial charge in [-0.2, -0.15) is 0 Å². The van der Waals surface area contributed by atoms with Crippen LogP contribution in [0.15, 0.2) is 119 Å². The molecular formula is C38H31Cl2N7O3. The second-order valence-electron chi connectivity index (χ2n) is 11.8. The predicted molar refractivity (Wildman–Crippen MR) is 191 cm³/mol. The second kappa shape index (κ2) is 15.1. The zero-order valence-corrected chi connectivity index (χ0v) is 28.3. The summed E-state index contributed by atoms with van der Waals surface area (Å²) >= 11 is 13.1. The summed E-state index contributed by atoms with van der Waals surface area (Å²) in [7, 11) is 0. The van der Waals surface area contributed by atoms with Gasteiger partial charge in [0, 0.05) is 64.1 Å². The number of pyridine rings is 4. The van der Waals surface area contributed by atoms with E-state index in [-0.39, 0.29) is 40.1 Å². The number of phenols is 1. The largest absolute Gasteiger partial charge is 0.506 e. The van der Waals surface area contributed by atoms with Gasteiger partial charge in [0.25, 0.3) is 0 Å². The Morgan fingerprint density at radius 1 is 0.600 bits per heavy atom. The summed E-state index contributed by atoms with van der Waals surface area (Å²) in [4.78, 5) is 40.8. The molecule has 5 heterocycles. The van der Waals surface area contributed by atoms with Crippen molar-refractivity contribution >= 4 is 34.3 Å². The van der Waals surface area contributed by atoms with Crippen LogP contribution in [0.25, 0.3) is 22.6 Å². The lowest BCUT2D eigenvalue weighted by Crippen LogP contribution is -2.27. The third-order valence-electron chi connectivity index (χ3n) is 8.20. The fraction of sp³-hybridized carbons (Fsp3) is 0.158. The molecule has 0 atom stereocenters. The number of rotatable bonds is 12. The Morgan fingerprint density at radius 3 is 1.50 bits per heavy atom. The Balaban J connectivity index is 1.33. The summed E-state index contributed by atoms with van der Waals surface area (Å²) in [5.74, 6) is 0.129. The lowest BCUT2D eigenvalue weighted by atomic mass is 10.1. The molecule has 250 valence electrons. The minimum Gasteiger partial charge on any atom is -0.506 e. The van der Waals surface area contributed by atoms with Crippen LogP contribution < -0.4 is 5.43 Å². The van der Waals surface area contributed by atoms with Crippen LogP contribution >= 0.6 is 23.2 Å². The summed E-state index contributed by atoms with van der Waals surface area (Å²) in [5, 5.41) is 11.5. The number of fused-ring (bicyclic) bond motifs is 2. The molecule has 12 heteroatoms. The van der Waals surface area contributed by atoms with E-state index in [1.807, 2.05) is 72.8 Å². The van der Waals surface area contributed by atoms with E-state index in [1.165, 1.54) is 6.07 Å². The number of nitrogens with zero attached hydrogens (tertiary/aromatic N) is 7. The van der Waals surface area contributed by atoms with Gasteiger partial charge in [0.05, 0.1) is 43.9 Å². The number of hydrogen-bond acceptors (Lipinski definition) is 10. The summed E-state index contributed by atoms with van der Waals surface area (Å²) in [6, 6.07) is 25.9. The van der Waals surface area contributed by atoms with E-state index in [2.05, 4.69) is 29.7 Å². The molecule has 1 aliphatic heterocycles. The molecule has 5 aromatic rings. The SMILES string of the molecule is O=c1c(Cl)cc2nc3cc(Cl)c(O)c(CN(Cc4ccccn4)Cc4ccccn4)c3oc-2c1CN(Cc1ccccn1)Cc1ccccn1. The van der Waals surface area contributed by atoms with Gasteiger partial charge in [-0.3, -0.25) is 34.5 Å². The summed E-state index contributed by atoms with van der Waals surface area (Å²) in [6.45, 7) is 2.15. The number of hydrogen-bond donors (Lipinski definition) is 1. The van der Waals surface area contributed by atoms with Crippen molar-refractivity contribution in [2.24, 2.45) is 0 Å². The van der Waals surface area contributed by atoms with Crippen LogP contribution in [-0.4, -0.2) is 39.8 Å². The van der Waals surface area contributed by atoms with Crippen molar-refractivity contribution < 1.29 is 9.52 Å². The van der Waals surface area contributed by atoms with E-state index < -0.39 is 0 Å². The van der Waals surface area contributed by atoms with Gasteiger partial charge in [-0.15, -0.1) is 0 Å². The molecule has 0 fully saturated rings. The van der Waals surface area contributed by atoms with Gasteiger partial charge in [-0.1, -0.05) is 47.5 Å². The first kappa shape index (κ1) is 33.2. The highest BCUT2D eigenvalue weighted by Crippen LogP contribution is 2.39. The van der Waals surface area contributed by atoms with Crippen LogP contribution in [0.5, 0.6) is 5.75 Å². The molecule has 1 aliphatic carbocycles. The van der Waals surface area contributed by atoms with E-state index in [9.17, 15) is 9.90 Å². The number of aromatic nitrogens is 5. The normalized spacial score (nSPS) is 11.6. The van der Waals surface area contributed by atoms with Gasteiger partial charge in [0.1, 0.15) is 17.0 Å². The van der Waals surface area contributed by atoms with Crippen LogP contribution in [0.2, 0.25) is 10.0 Å². The highest BCUT2D eigenvalue weighted by Gasteiger charge is 2.26. The summed E-state index contributed by atoms with van der Waals surface area (Å²) < 4.78 is 6.63. The molecule has 50 heavy (non-hydrogen) atoms. The Bertz CT molecular complexity index is 2160.